The van der Waals surface area contributed by atoms with Crippen LogP contribution in [0, 0.1) is 6.92 Å². The summed E-state index contributed by atoms with van der Waals surface area (Å²) in [7, 11) is 0. The summed E-state index contributed by atoms with van der Waals surface area (Å²) >= 11 is 0. The van der Waals surface area contributed by atoms with Crippen molar-refractivity contribution in [1.82, 2.24) is 44.6 Å². The molecule has 0 N–H and O–H groups in total. The van der Waals surface area contributed by atoms with E-state index in [-0.39, 0.29) is 5.91 Å². The highest BCUT2D eigenvalue weighted by Crippen LogP contribution is 2.19. The summed E-state index contributed by atoms with van der Waals surface area (Å²) in [5.74, 6) is 2.31. The molecule has 156 valence electrons. The first kappa shape index (κ1) is 18.9. The third kappa shape index (κ3) is 3.84. The SMILES string of the molecule is Cc1nc(N2CCN(C(=O)c3cccc(-n4cnnn4)c3)CC2)cc(-n2ccnc2)n1. The number of aryl methyl sites for hydroxylation is 1. The standard InChI is InChI=1S/C20H20N10O/c1-15-23-18(12-19(24-15)29-6-5-21-13-29)27-7-9-28(10-8-27)20(31)16-3-2-4-17(11-16)30-14-22-25-26-30/h2-6,11-14H,7-10H2,1H3. The molecule has 11 nitrogen and oxygen atoms in total. The van der Waals surface area contributed by atoms with Gasteiger partial charge in [0.2, 0.25) is 0 Å². The van der Waals surface area contributed by atoms with Gasteiger partial charge in [-0.05, 0) is 35.5 Å². The van der Waals surface area contributed by atoms with Crippen molar-refractivity contribution in [2.45, 2.75) is 6.92 Å². The fourth-order valence-electron chi connectivity index (χ4n) is 3.61. The zero-order chi connectivity index (χ0) is 21.2. The van der Waals surface area contributed by atoms with Gasteiger partial charge in [0.15, 0.2) is 0 Å². The first-order valence-electron chi connectivity index (χ1n) is 9.89. The maximum atomic E-state index is 13.0. The van der Waals surface area contributed by atoms with Crippen LogP contribution in [0.3, 0.4) is 0 Å². The minimum Gasteiger partial charge on any atom is -0.353 e. The third-order valence-corrected chi connectivity index (χ3v) is 5.18. The van der Waals surface area contributed by atoms with Crippen LogP contribution in [0.5, 0.6) is 0 Å². The molecule has 0 atom stereocenters. The molecule has 1 aliphatic heterocycles. The second-order valence-electron chi connectivity index (χ2n) is 7.19. The van der Waals surface area contributed by atoms with E-state index in [4.69, 9.17) is 0 Å². The lowest BCUT2D eigenvalue weighted by Crippen LogP contribution is -2.49. The number of amides is 1. The van der Waals surface area contributed by atoms with Gasteiger partial charge in [-0.15, -0.1) is 5.10 Å². The van der Waals surface area contributed by atoms with Gasteiger partial charge in [-0.2, -0.15) is 0 Å². The van der Waals surface area contributed by atoms with Gasteiger partial charge in [0, 0.05) is 50.2 Å². The van der Waals surface area contributed by atoms with E-state index in [0.29, 0.717) is 37.6 Å². The number of piperazine rings is 1. The lowest BCUT2D eigenvalue weighted by atomic mass is 10.1. The maximum Gasteiger partial charge on any atom is 0.254 e. The molecule has 1 aliphatic rings. The summed E-state index contributed by atoms with van der Waals surface area (Å²) in [6.45, 7) is 4.48. The fourth-order valence-corrected chi connectivity index (χ4v) is 3.61. The number of aromatic nitrogens is 8. The normalized spacial score (nSPS) is 14.1. The molecule has 0 bridgehead atoms. The predicted octanol–water partition coefficient (Wildman–Crippen LogP) is 0.909. The summed E-state index contributed by atoms with van der Waals surface area (Å²) < 4.78 is 3.39. The van der Waals surface area contributed by atoms with Crippen molar-refractivity contribution < 1.29 is 4.79 Å². The second-order valence-corrected chi connectivity index (χ2v) is 7.19. The molecule has 11 heteroatoms. The maximum absolute atomic E-state index is 13.0. The first-order chi connectivity index (χ1) is 15.2. The topological polar surface area (TPSA) is 111 Å². The van der Waals surface area contributed by atoms with Crippen molar-refractivity contribution in [1.29, 1.82) is 0 Å². The summed E-state index contributed by atoms with van der Waals surface area (Å²) in [4.78, 5) is 30.2. The number of carbonyl (C=O) groups is 1. The Morgan fingerprint density at radius 1 is 1.00 bits per heavy atom. The minimum atomic E-state index is -0.00690. The number of hydrogen-bond acceptors (Lipinski definition) is 8. The lowest BCUT2D eigenvalue weighted by Gasteiger charge is -2.35. The molecule has 0 spiro atoms. The van der Waals surface area contributed by atoms with E-state index in [1.165, 1.54) is 11.0 Å². The van der Waals surface area contributed by atoms with Gasteiger partial charge < -0.3 is 9.80 Å². The summed E-state index contributed by atoms with van der Waals surface area (Å²) in [5, 5.41) is 11.2. The van der Waals surface area contributed by atoms with E-state index in [2.05, 4.69) is 35.4 Å². The molecule has 1 saturated heterocycles. The quantitative estimate of drug-likeness (QED) is 0.483. The fraction of sp³-hybridized carbons (Fsp3) is 0.250. The molecule has 31 heavy (non-hydrogen) atoms. The van der Waals surface area contributed by atoms with Crippen LogP contribution in [-0.2, 0) is 0 Å². The number of nitrogens with zero attached hydrogens (tertiary/aromatic N) is 10. The molecule has 0 aliphatic carbocycles. The molecule has 0 saturated carbocycles. The summed E-state index contributed by atoms with van der Waals surface area (Å²) in [6, 6.07) is 9.26. The Morgan fingerprint density at radius 3 is 2.58 bits per heavy atom. The number of anilines is 1. The lowest BCUT2D eigenvalue weighted by molar-refractivity contribution is 0.0746. The Balaban J connectivity index is 1.29. The first-order valence-corrected chi connectivity index (χ1v) is 9.89. The molecular weight excluding hydrogens is 396 g/mol. The van der Waals surface area contributed by atoms with Gasteiger partial charge in [0.05, 0.1) is 5.69 Å². The second kappa shape index (κ2) is 7.94. The van der Waals surface area contributed by atoms with Gasteiger partial charge in [-0.3, -0.25) is 9.36 Å². The van der Waals surface area contributed by atoms with Gasteiger partial charge >= 0.3 is 0 Å². The smallest absolute Gasteiger partial charge is 0.254 e. The molecule has 1 fully saturated rings. The molecule has 4 heterocycles. The van der Waals surface area contributed by atoms with E-state index >= 15 is 0 Å². The van der Waals surface area contributed by atoms with Crippen molar-refractivity contribution >= 4 is 11.7 Å². The van der Waals surface area contributed by atoms with Gasteiger partial charge in [-0.1, -0.05) is 6.07 Å². The molecule has 0 radical (unpaired) electrons. The number of tetrazole rings is 1. The van der Waals surface area contributed by atoms with Gasteiger partial charge in [0.25, 0.3) is 5.91 Å². The van der Waals surface area contributed by atoms with E-state index in [0.717, 1.165) is 17.3 Å². The highest BCUT2D eigenvalue weighted by Gasteiger charge is 2.24. The summed E-state index contributed by atoms with van der Waals surface area (Å²) in [5.41, 5.74) is 1.36. The van der Waals surface area contributed by atoms with Crippen LogP contribution in [-0.4, -0.2) is 76.7 Å². The van der Waals surface area contributed by atoms with Crippen LogP contribution in [0.4, 0.5) is 5.82 Å². The van der Waals surface area contributed by atoms with Crippen molar-refractivity contribution in [2.75, 3.05) is 31.1 Å². The molecular formula is C20H20N10O. The van der Waals surface area contributed by atoms with Crippen molar-refractivity contribution in [3.05, 3.63) is 66.8 Å². The van der Waals surface area contributed by atoms with E-state index in [1.54, 1.807) is 18.6 Å². The molecule has 0 unspecified atom stereocenters. The van der Waals surface area contributed by atoms with Crippen LogP contribution >= 0.6 is 0 Å². The Bertz CT molecular complexity index is 1180. The average Bonchev–Trinajstić information content (AvgIpc) is 3.53. The van der Waals surface area contributed by atoms with Crippen LogP contribution in [0.25, 0.3) is 11.5 Å². The van der Waals surface area contributed by atoms with Crippen molar-refractivity contribution in [3.8, 4) is 11.5 Å². The molecule has 4 aromatic rings. The number of hydrogen-bond donors (Lipinski definition) is 0. The monoisotopic (exact) mass is 416 g/mol. The Hall–Kier alpha value is -4.15. The van der Waals surface area contributed by atoms with Crippen molar-refractivity contribution in [3.63, 3.8) is 0 Å². The number of carbonyl (C=O) groups excluding carboxylic acids is 1. The van der Waals surface area contributed by atoms with Crippen molar-refractivity contribution in [2.24, 2.45) is 0 Å². The zero-order valence-corrected chi connectivity index (χ0v) is 16.9. The van der Waals surface area contributed by atoms with Crippen LogP contribution in [0.15, 0.2) is 55.4 Å². The summed E-state index contributed by atoms with van der Waals surface area (Å²) in [6.07, 6.45) is 6.79. The van der Waals surface area contributed by atoms with E-state index in [1.807, 2.05) is 46.9 Å². The van der Waals surface area contributed by atoms with E-state index < -0.39 is 0 Å². The molecule has 5 rings (SSSR count). The highest BCUT2D eigenvalue weighted by molar-refractivity contribution is 5.95. The minimum absolute atomic E-state index is 0.00690. The molecule has 3 aromatic heterocycles. The van der Waals surface area contributed by atoms with Gasteiger partial charge in [0.1, 0.15) is 30.1 Å². The Kier molecular flexibility index (Phi) is 4.83. The molecule has 1 aromatic carbocycles. The average molecular weight is 416 g/mol. The number of imidazole rings is 1. The Morgan fingerprint density at radius 2 is 1.84 bits per heavy atom. The Labute approximate surface area is 178 Å². The zero-order valence-electron chi connectivity index (χ0n) is 16.9. The van der Waals surface area contributed by atoms with Crippen LogP contribution in [0.1, 0.15) is 16.2 Å². The number of rotatable bonds is 4. The number of benzene rings is 1. The largest absolute Gasteiger partial charge is 0.353 e. The van der Waals surface area contributed by atoms with Crippen LogP contribution in [0.2, 0.25) is 0 Å². The molecule has 1 amide bonds. The predicted molar refractivity (Wildman–Crippen MR) is 111 cm³/mol. The van der Waals surface area contributed by atoms with Gasteiger partial charge in [-0.25, -0.2) is 19.6 Å². The third-order valence-electron chi connectivity index (χ3n) is 5.18. The highest BCUT2D eigenvalue weighted by atomic mass is 16.2. The van der Waals surface area contributed by atoms with Crippen LogP contribution < -0.4 is 4.90 Å². The van der Waals surface area contributed by atoms with E-state index in [9.17, 15) is 4.79 Å².